The maximum atomic E-state index is 5.18. The molecular formula is C45H31N3Si. The number of hydrogen-bond donors (Lipinski definition) is 0. The van der Waals surface area contributed by atoms with E-state index in [0.29, 0.717) is 17.5 Å². The zero-order valence-electron chi connectivity index (χ0n) is 26.7. The van der Waals surface area contributed by atoms with Crippen LogP contribution in [0.3, 0.4) is 0 Å². The standard InChI is InChI=1S/C45H31N3Si/c1-5-17-32(18-6-1)35-29-36(45-47-43(33-19-7-2-8-20-33)46-44(48-45)34-21-9-3-10-22-34)31-38(30-35)49(37-23-11-4-12-24-37)41-27-15-13-25-39(41)40-26-14-16-28-42(40)49/h1-31H. The lowest BCUT2D eigenvalue weighted by atomic mass is 10.0. The van der Waals surface area contributed by atoms with Crippen LogP contribution in [0, 0.1) is 0 Å². The molecule has 0 amide bonds. The fourth-order valence-corrected chi connectivity index (χ4v) is 12.7. The molecule has 49 heavy (non-hydrogen) atoms. The Kier molecular flexibility index (Phi) is 7.14. The molecule has 0 unspecified atom stereocenters. The Bertz CT molecular complexity index is 2330. The first kappa shape index (κ1) is 28.9. The van der Waals surface area contributed by atoms with Gasteiger partial charge in [-0.2, -0.15) is 0 Å². The summed E-state index contributed by atoms with van der Waals surface area (Å²) in [5.74, 6) is 1.97. The van der Waals surface area contributed by atoms with Gasteiger partial charge in [0.05, 0.1) is 0 Å². The van der Waals surface area contributed by atoms with Gasteiger partial charge in [0.1, 0.15) is 0 Å². The van der Waals surface area contributed by atoms with Gasteiger partial charge in [0.25, 0.3) is 0 Å². The first-order valence-electron chi connectivity index (χ1n) is 16.6. The second kappa shape index (κ2) is 12.1. The molecule has 0 atom stereocenters. The monoisotopic (exact) mass is 641 g/mol. The predicted octanol–water partition coefficient (Wildman–Crippen LogP) is 7.90. The molecule has 8 aromatic rings. The smallest absolute Gasteiger partial charge is 0.180 e. The molecule has 1 aliphatic rings. The second-order valence-electron chi connectivity index (χ2n) is 12.4. The third-order valence-corrected chi connectivity index (χ3v) is 14.4. The first-order valence-corrected chi connectivity index (χ1v) is 18.6. The molecule has 0 fully saturated rings. The van der Waals surface area contributed by atoms with Crippen molar-refractivity contribution in [3.05, 3.63) is 188 Å². The number of aromatic nitrogens is 3. The van der Waals surface area contributed by atoms with E-state index >= 15 is 0 Å². The second-order valence-corrected chi connectivity index (χ2v) is 16.1. The van der Waals surface area contributed by atoms with Crippen molar-refractivity contribution < 1.29 is 0 Å². The number of nitrogens with zero attached hydrogens (tertiary/aromatic N) is 3. The Labute approximate surface area is 287 Å². The molecule has 0 saturated carbocycles. The lowest BCUT2D eigenvalue weighted by Crippen LogP contribution is -2.72. The average molecular weight is 642 g/mol. The van der Waals surface area contributed by atoms with Crippen molar-refractivity contribution in [2.75, 3.05) is 0 Å². The number of benzene rings is 7. The Balaban J connectivity index is 1.37. The van der Waals surface area contributed by atoms with Crippen LogP contribution in [0.25, 0.3) is 56.4 Å². The molecule has 230 valence electrons. The summed E-state index contributed by atoms with van der Waals surface area (Å²) in [5.41, 5.74) is 7.81. The summed E-state index contributed by atoms with van der Waals surface area (Å²) < 4.78 is 0. The van der Waals surface area contributed by atoms with Crippen LogP contribution in [0.1, 0.15) is 0 Å². The van der Waals surface area contributed by atoms with Crippen molar-refractivity contribution in [2.24, 2.45) is 0 Å². The van der Waals surface area contributed by atoms with Gasteiger partial charge in [0.2, 0.25) is 0 Å². The zero-order chi connectivity index (χ0) is 32.6. The number of fused-ring (bicyclic) bond motifs is 3. The van der Waals surface area contributed by atoms with Crippen molar-refractivity contribution in [3.8, 4) is 56.4 Å². The Morgan fingerprint density at radius 1 is 0.286 bits per heavy atom. The van der Waals surface area contributed by atoms with Crippen LogP contribution in [0.4, 0.5) is 0 Å². The van der Waals surface area contributed by atoms with Gasteiger partial charge >= 0.3 is 0 Å². The van der Waals surface area contributed by atoms with Crippen LogP contribution >= 0.6 is 0 Å². The highest BCUT2D eigenvalue weighted by Crippen LogP contribution is 2.32. The van der Waals surface area contributed by atoms with Crippen molar-refractivity contribution in [1.82, 2.24) is 15.0 Å². The van der Waals surface area contributed by atoms with Crippen LogP contribution in [-0.4, -0.2) is 23.0 Å². The van der Waals surface area contributed by atoms with Gasteiger partial charge in [-0.05, 0) is 49.1 Å². The molecule has 1 aliphatic heterocycles. The third kappa shape index (κ3) is 4.93. The lowest BCUT2D eigenvalue weighted by molar-refractivity contribution is 1.07. The van der Waals surface area contributed by atoms with Crippen molar-refractivity contribution in [3.63, 3.8) is 0 Å². The predicted molar refractivity (Wildman–Crippen MR) is 204 cm³/mol. The van der Waals surface area contributed by atoms with Crippen molar-refractivity contribution >= 4 is 28.8 Å². The molecule has 0 aliphatic carbocycles. The fraction of sp³-hybridized carbons (Fsp3) is 0. The minimum Gasteiger partial charge on any atom is -0.208 e. The highest BCUT2D eigenvalue weighted by Gasteiger charge is 2.48. The van der Waals surface area contributed by atoms with E-state index < -0.39 is 8.07 Å². The number of hydrogen-bond acceptors (Lipinski definition) is 3. The molecule has 0 radical (unpaired) electrons. The van der Waals surface area contributed by atoms with E-state index in [0.717, 1.165) is 27.8 Å². The van der Waals surface area contributed by atoms with Crippen molar-refractivity contribution in [1.29, 1.82) is 0 Å². The fourth-order valence-electron chi connectivity index (χ4n) is 7.42. The minimum atomic E-state index is -2.78. The van der Waals surface area contributed by atoms with Gasteiger partial charge in [-0.3, -0.25) is 0 Å². The van der Waals surface area contributed by atoms with Crippen molar-refractivity contribution in [2.45, 2.75) is 0 Å². The molecular weight excluding hydrogens is 611 g/mol. The van der Waals surface area contributed by atoms with E-state index in [9.17, 15) is 0 Å². The Morgan fingerprint density at radius 2 is 0.673 bits per heavy atom. The SMILES string of the molecule is c1ccc(-c2cc(-c3nc(-c4ccccc4)nc(-c4ccccc4)n3)cc([Si]3(c4ccccc4)c4ccccc4-c4ccccc43)c2)cc1. The number of rotatable bonds is 6. The van der Waals surface area contributed by atoms with Gasteiger partial charge in [-0.25, -0.2) is 15.0 Å². The molecule has 2 heterocycles. The van der Waals surface area contributed by atoms with Crippen LogP contribution in [0.2, 0.25) is 0 Å². The Morgan fingerprint density at radius 3 is 1.18 bits per heavy atom. The van der Waals surface area contributed by atoms with E-state index in [4.69, 9.17) is 15.0 Å². The van der Waals surface area contributed by atoms with E-state index in [1.54, 1.807) is 0 Å². The molecule has 9 rings (SSSR count). The molecule has 0 saturated heterocycles. The molecule has 4 heteroatoms. The third-order valence-electron chi connectivity index (χ3n) is 9.59. The molecule has 0 N–H and O–H groups in total. The quantitative estimate of drug-likeness (QED) is 0.173. The van der Waals surface area contributed by atoms with Crippen LogP contribution < -0.4 is 20.7 Å². The summed E-state index contributed by atoms with van der Waals surface area (Å²) in [6.45, 7) is 0. The summed E-state index contributed by atoms with van der Waals surface area (Å²) in [5, 5.41) is 5.47. The maximum absolute atomic E-state index is 5.18. The summed E-state index contributed by atoms with van der Waals surface area (Å²) in [4.78, 5) is 15.3. The zero-order valence-corrected chi connectivity index (χ0v) is 27.7. The van der Waals surface area contributed by atoms with E-state index in [-0.39, 0.29) is 0 Å². The maximum Gasteiger partial charge on any atom is 0.180 e. The topological polar surface area (TPSA) is 38.7 Å². The first-order chi connectivity index (χ1) is 24.3. The van der Waals surface area contributed by atoms with E-state index in [1.807, 2.05) is 36.4 Å². The highest BCUT2D eigenvalue weighted by molar-refractivity contribution is 7.22. The highest BCUT2D eigenvalue weighted by atomic mass is 28.3. The molecule has 7 aromatic carbocycles. The van der Waals surface area contributed by atoms with Gasteiger partial charge in [0.15, 0.2) is 25.5 Å². The molecule has 0 spiro atoms. The summed E-state index contributed by atoms with van der Waals surface area (Å²) >= 11 is 0. The van der Waals surface area contributed by atoms with Crippen LogP contribution in [0.5, 0.6) is 0 Å². The summed E-state index contributed by atoms with van der Waals surface area (Å²) in [6, 6.07) is 67.2. The lowest BCUT2D eigenvalue weighted by Gasteiger charge is -2.32. The largest absolute Gasteiger partial charge is 0.208 e. The minimum absolute atomic E-state index is 0.655. The van der Waals surface area contributed by atoms with Crippen LogP contribution in [-0.2, 0) is 0 Å². The molecule has 0 bridgehead atoms. The summed E-state index contributed by atoms with van der Waals surface area (Å²) in [6.07, 6.45) is 0. The average Bonchev–Trinajstić information content (AvgIpc) is 3.50. The Hall–Kier alpha value is -6.23. The molecule has 3 nitrogen and oxygen atoms in total. The van der Waals surface area contributed by atoms with E-state index in [1.165, 1.54) is 31.9 Å². The van der Waals surface area contributed by atoms with Gasteiger partial charge in [0, 0.05) is 16.7 Å². The summed E-state index contributed by atoms with van der Waals surface area (Å²) in [7, 11) is -2.78. The normalized spacial score (nSPS) is 12.7. The van der Waals surface area contributed by atoms with E-state index in [2.05, 4.69) is 152 Å². The molecule has 1 aromatic heterocycles. The van der Waals surface area contributed by atoms with Gasteiger partial charge < -0.3 is 0 Å². The van der Waals surface area contributed by atoms with Gasteiger partial charge in [-0.15, -0.1) is 0 Å². The van der Waals surface area contributed by atoms with Crippen LogP contribution in [0.15, 0.2) is 188 Å². The van der Waals surface area contributed by atoms with Gasteiger partial charge in [-0.1, -0.05) is 182 Å².